The van der Waals surface area contributed by atoms with Crippen LogP contribution in [0.3, 0.4) is 0 Å². The Morgan fingerprint density at radius 3 is 2.42 bits per heavy atom. The lowest BCUT2D eigenvalue weighted by atomic mass is 9.90. The van der Waals surface area contributed by atoms with E-state index in [1.807, 2.05) is 22.8 Å². The molecule has 0 aliphatic carbocycles. The Balaban J connectivity index is 1.47. The molecule has 0 radical (unpaired) electrons. The van der Waals surface area contributed by atoms with Crippen molar-refractivity contribution in [3.8, 4) is 0 Å². The molecule has 0 spiro atoms. The van der Waals surface area contributed by atoms with Crippen LogP contribution in [0.4, 0.5) is 0 Å². The predicted octanol–water partition coefficient (Wildman–Crippen LogP) is 1.98. The van der Waals surface area contributed by atoms with E-state index in [0.717, 1.165) is 38.9 Å². The Hall–Kier alpha value is -1.40. The highest BCUT2D eigenvalue weighted by molar-refractivity contribution is 7.91. The van der Waals surface area contributed by atoms with Crippen LogP contribution in [0.5, 0.6) is 0 Å². The van der Waals surface area contributed by atoms with Gasteiger partial charge in [0.1, 0.15) is 0 Å². The third-order valence-corrected chi connectivity index (χ3v) is 7.55. The number of rotatable bonds is 6. The number of likely N-dealkylation sites (N-methyl/N-ethyl adjacent to an activating group) is 1. The van der Waals surface area contributed by atoms with Gasteiger partial charge in [0.15, 0.2) is 9.84 Å². The fourth-order valence-corrected chi connectivity index (χ4v) is 5.93. The summed E-state index contributed by atoms with van der Waals surface area (Å²) in [5.74, 6) is 1.25. The summed E-state index contributed by atoms with van der Waals surface area (Å²) in [5.41, 5.74) is 1.37. The lowest BCUT2D eigenvalue weighted by molar-refractivity contribution is -0.134. The van der Waals surface area contributed by atoms with E-state index in [-0.39, 0.29) is 23.5 Å². The van der Waals surface area contributed by atoms with Gasteiger partial charge in [0, 0.05) is 19.1 Å². The molecule has 5 nitrogen and oxygen atoms in total. The molecule has 0 bridgehead atoms. The zero-order valence-corrected chi connectivity index (χ0v) is 16.5. The fraction of sp³-hybridized carbons (Fsp3) is 0.650. The second-order valence-electron chi connectivity index (χ2n) is 7.63. The second kappa shape index (κ2) is 8.53. The second-order valence-corrected chi connectivity index (χ2v) is 9.86. The van der Waals surface area contributed by atoms with Crippen LogP contribution in [0.2, 0.25) is 0 Å². The van der Waals surface area contributed by atoms with Gasteiger partial charge in [-0.1, -0.05) is 37.3 Å². The molecular weight excluding hydrogens is 348 g/mol. The van der Waals surface area contributed by atoms with Crippen molar-refractivity contribution in [3.05, 3.63) is 35.9 Å². The molecule has 1 aromatic carbocycles. The SMILES string of the molecule is CCN(CC(=O)N1CCC(Cc2ccccc2)CC1)C1CCS(=O)(=O)C1. The summed E-state index contributed by atoms with van der Waals surface area (Å²) in [5, 5.41) is 0. The largest absolute Gasteiger partial charge is 0.342 e. The molecule has 2 aliphatic rings. The molecule has 6 heteroatoms. The van der Waals surface area contributed by atoms with E-state index in [1.54, 1.807) is 0 Å². The zero-order chi connectivity index (χ0) is 18.6. The molecule has 2 heterocycles. The van der Waals surface area contributed by atoms with Crippen LogP contribution >= 0.6 is 0 Å². The van der Waals surface area contributed by atoms with Gasteiger partial charge in [-0.25, -0.2) is 8.42 Å². The number of hydrogen-bond donors (Lipinski definition) is 0. The minimum atomic E-state index is -2.91. The Morgan fingerprint density at radius 1 is 1.15 bits per heavy atom. The number of carbonyl (C=O) groups excluding carboxylic acids is 1. The van der Waals surface area contributed by atoms with Crippen LogP contribution in [0.1, 0.15) is 31.7 Å². The summed E-state index contributed by atoms with van der Waals surface area (Å²) in [6.07, 6.45) is 3.83. The average molecular weight is 379 g/mol. The minimum absolute atomic E-state index is 0.00423. The molecule has 3 rings (SSSR count). The molecule has 2 aliphatic heterocycles. The van der Waals surface area contributed by atoms with Gasteiger partial charge in [0.05, 0.1) is 18.1 Å². The fourth-order valence-electron chi connectivity index (χ4n) is 4.17. The number of likely N-dealkylation sites (tertiary alicyclic amines) is 1. The molecule has 0 aromatic heterocycles. The van der Waals surface area contributed by atoms with Crippen molar-refractivity contribution < 1.29 is 13.2 Å². The van der Waals surface area contributed by atoms with Gasteiger partial charge in [-0.2, -0.15) is 0 Å². The van der Waals surface area contributed by atoms with Crippen molar-refractivity contribution in [3.63, 3.8) is 0 Å². The van der Waals surface area contributed by atoms with Crippen LogP contribution in [-0.4, -0.2) is 67.9 Å². The topological polar surface area (TPSA) is 57.7 Å². The highest BCUT2D eigenvalue weighted by Gasteiger charge is 2.33. The maximum atomic E-state index is 12.7. The maximum absolute atomic E-state index is 12.7. The van der Waals surface area contributed by atoms with Crippen molar-refractivity contribution in [2.24, 2.45) is 5.92 Å². The van der Waals surface area contributed by atoms with Gasteiger partial charge in [-0.15, -0.1) is 0 Å². The average Bonchev–Trinajstić information content (AvgIpc) is 3.00. The minimum Gasteiger partial charge on any atom is -0.342 e. The van der Waals surface area contributed by atoms with Crippen molar-refractivity contribution in [1.82, 2.24) is 9.80 Å². The van der Waals surface area contributed by atoms with Gasteiger partial charge < -0.3 is 4.90 Å². The highest BCUT2D eigenvalue weighted by Crippen LogP contribution is 2.23. The van der Waals surface area contributed by atoms with E-state index in [4.69, 9.17) is 0 Å². The molecule has 2 fully saturated rings. The Morgan fingerprint density at radius 2 is 1.85 bits per heavy atom. The lowest BCUT2D eigenvalue weighted by Crippen LogP contribution is -2.47. The molecule has 26 heavy (non-hydrogen) atoms. The molecule has 1 amide bonds. The molecule has 0 saturated carbocycles. The molecule has 1 unspecified atom stereocenters. The summed E-state index contributed by atoms with van der Waals surface area (Å²) in [4.78, 5) is 16.7. The first-order valence-corrected chi connectivity index (χ1v) is 11.5. The van der Waals surface area contributed by atoms with Gasteiger partial charge >= 0.3 is 0 Å². The third-order valence-electron chi connectivity index (χ3n) is 5.80. The van der Waals surface area contributed by atoms with Crippen LogP contribution < -0.4 is 0 Å². The zero-order valence-electron chi connectivity index (χ0n) is 15.6. The quantitative estimate of drug-likeness (QED) is 0.759. The normalized spacial score (nSPS) is 23.5. The number of carbonyl (C=O) groups is 1. The lowest BCUT2D eigenvalue weighted by Gasteiger charge is -2.34. The molecular formula is C20H30N2O3S. The number of piperidine rings is 1. The van der Waals surface area contributed by atoms with Crippen molar-refractivity contribution in [1.29, 1.82) is 0 Å². The number of amides is 1. The summed E-state index contributed by atoms with van der Waals surface area (Å²) >= 11 is 0. The summed E-state index contributed by atoms with van der Waals surface area (Å²) < 4.78 is 23.4. The summed E-state index contributed by atoms with van der Waals surface area (Å²) in [6, 6.07) is 10.6. The predicted molar refractivity (Wildman–Crippen MR) is 104 cm³/mol. The Bertz CT molecular complexity index is 697. The van der Waals surface area contributed by atoms with Crippen LogP contribution in [0, 0.1) is 5.92 Å². The first-order valence-electron chi connectivity index (χ1n) is 9.73. The molecule has 2 saturated heterocycles. The number of hydrogen-bond acceptors (Lipinski definition) is 4. The van der Waals surface area contributed by atoms with E-state index in [0.29, 0.717) is 18.9 Å². The number of sulfone groups is 1. The Kier molecular flexibility index (Phi) is 6.35. The highest BCUT2D eigenvalue weighted by atomic mass is 32.2. The van der Waals surface area contributed by atoms with E-state index in [9.17, 15) is 13.2 Å². The number of nitrogens with zero attached hydrogens (tertiary/aromatic N) is 2. The summed E-state index contributed by atoms with van der Waals surface area (Å²) in [7, 11) is -2.91. The van der Waals surface area contributed by atoms with Crippen molar-refractivity contribution in [2.45, 2.75) is 38.6 Å². The first-order chi connectivity index (χ1) is 12.5. The van der Waals surface area contributed by atoms with E-state index < -0.39 is 9.84 Å². The Labute approximate surface area is 157 Å². The standard InChI is InChI=1S/C20H30N2O3S/c1-2-21(19-10-13-26(24,25)16-19)15-20(23)22-11-8-18(9-12-22)14-17-6-4-3-5-7-17/h3-7,18-19H,2,8-16H2,1H3. The van der Waals surface area contributed by atoms with E-state index in [1.165, 1.54) is 5.56 Å². The van der Waals surface area contributed by atoms with Gasteiger partial charge in [-0.3, -0.25) is 9.69 Å². The number of benzene rings is 1. The van der Waals surface area contributed by atoms with Gasteiger partial charge in [0.25, 0.3) is 0 Å². The summed E-state index contributed by atoms with van der Waals surface area (Å²) in [6.45, 7) is 4.70. The van der Waals surface area contributed by atoms with Crippen molar-refractivity contribution >= 4 is 15.7 Å². The van der Waals surface area contributed by atoms with Crippen LogP contribution in [0.15, 0.2) is 30.3 Å². The van der Waals surface area contributed by atoms with E-state index >= 15 is 0 Å². The molecule has 0 N–H and O–H groups in total. The monoisotopic (exact) mass is 378 g/mol. The van der Waals surface area contributed by atoms with Crippen LogP contribution in [-0.2, 0) is 21.1 Å². The van der Waals surface area contributed by atoms with Crippen LogP contribution in [0.25, 0.3) is 0 Å². The molecule has 144 valence electrons. The van der Waals surface area contributed by atoms with Gasteiger partial charge in [-0.05, 0) is 43.7 Å². The first kappa shape index (κ1) is 19.4. The molecule has 1 atom stereocenters. The maximum Gasteiger partial charge on any atom is 0.236 e. The van der Waals surface area contributed by atoms with Crippen molar-refractivity contribution in [2.75, 3.05) is 37.7 Å². The van der Waals surface area contributed by atoms with E-state index in [2.05, 4.69) is 24.3 Å². The third kappa shape index (κ3) is 5.07. The smallest absolute Gasteiger partial charge is 0.236 e. The van der Waals surface area contributed by atoms with Gasteiger partial charge in [0.2, 0.25) is 5.91 Å². The molecule has 1 aromatic rings.